The first kappa shape index (κ1) is 21.4. The first-order valence-electron chi connectivity index (χ1n) is 8.93. The minimum atomic E-state index is -0.0852. The van der Waals surface area contributed by atoms with Crippen LogP contribution in [0.5, 0.6) is 5.75 Å². The maximum absolute atomic E-state index is 12.4. The lowest BCUT2D eigenvalue weighted by Gasteiger charge is -2.32. The number of urea groups is 1. The number of rotatable bonds is 5. The van der Waals surface area contributed by atoms with E-state index in [1.54, 1.807) is 34.9 Å². The number of halogens is 3. The number of nitrogens with zero attached hydrogens (tertiary/aromatic N) is 1. The number of thioether (sulfide) groups is 1. The summed E-state index contributed by atoms with van der Waals surface area (Å²) in [6.07, 6.45) is 3.57. The van der Waals surface area contributed by atoms with E-state index >= 15 is 0 Å². The summed E-state index contributed by atoms with van der Waals surface area (Å²) < 4.78 is 5.97. The number of benzene rings is 2. The van der Waals surface area contributed by atoms with Crippen molar-refractivity contribution in [3.8, 4) is 5.75 Å². The van der Waals surface area contributed by atoms with Crippen LogP contribution in [0.15, 0.2) is 41.3 Å². The van der Waals surface area contributed by atoms with Crippen LogP contribution in [0.25, 0.3) is 0 Å². The van der Waals surface area contributed by atoms with Crippen LogP contribution in [0, 0.1) is 0 Å². The molecule has 0 radical (unpaired) electrons. The molecular weight excluding hydrogens is 439 g/mol. The van der Waals surface area contributed by atoms with Gasteiger partial charge in [0.2, 0.25) is 0 Å². The van der Waals surface area contributed by atoms with Gasteiger partial charge in [-0.3, -0.25) is 0 Å². The Hall–Kier alpha value is -1.27. The highest BCUT2D eigenvalue weighted by molar-refractivity contribution is 7.98. The van der Waals surface area contributed by atoms with Crippen molar-refractivity contribution in [1.29, 1.82) is 0 Å². The van der Waals surface area contributed by atoms with E-state index in [0.29, 0.717) is 40.5 Å². The molecule has 0 saturated carbocycles. The van der Waals surface area contributed by atoms with Gasteiger partial charge < -0.3 is 15.0 Å². The van der Waals surface area contributed by atoms with Crippen molar-refractivity contribution >= 4 is 52.6 Å². The van der Waals surface area contributed by atoms with Crippen LogP contribution in [-0.2, 0) is 6.54 Å². The lowest BCUT2D eigenvalue weighted by molar-refractivity contribution is 0.111. The average Bonchev–Trinajstić information content (AvgIpc) is 2.70. The number of nitrogens with one attached hydrogen (secondary N) is 1. The van der Waals surface area contributed by atoms with E-state index < -0.39 is 0 Å². The minimum Gasteiger partial charge on any atom is -0.490 e. The Labute approximate surface area is 184 Å². The van der Waals surface area contributed by atoms with Crippen LogP contribution in [0.2, 0.25) is 15.1 Å². The van der Waals surface area contributed by atoms with Crippen molar-refractivity contribution in [2.24, 2.45) is 0 Å². The third-order valence-electron chi connectivity index (χ3n) is 4.61. The van der Waals surface area contributed by atoms with Crippen molar-refractivity contribution < 1.29 is 9.53 Å². The van der Waals surface area contributed by atoms with Gasteiger partial charge in [0.1, 0.15) is 11.9 Å². The molecule has 0 aliphatic carbocycles. The SMILES string of the molecule is CSc1ccc(CNC(=O)N2CCC(Oc3ccc(Cl)c(Cl)c3)CC2)c(Cl)c1. The van der Waals surface area contributed by atoms with Crippen molar-refractivity contribution in [2.75, 3.05) is 19.3 Å². The summed E-state index contributed by atoms with van der Waals surface area (Å²) in [5.74, 6) is 0.695. The topological polar surface area (TPSA) is 41.6 Å². The molecule has 1 fully saturated rings. The molecule has 0 atom stereocenters. The fraction of sp³-hybridized carbons (Fsp3) is 0.350. The summed E-state index contributed by atoms with van der Waals surface area (Å²) in [7, 11) is 0. The van der Waals surface area contributed by atoms with Crippen LogP contribution in [0.3, 0.4) is 0 Å². The summed E-state index contributed by atoms with van der Waals surface area (Å²) in [5.41, 5.74) is 0.908. The molecule has 2 aromatic carbocycles. The molecule has 2 amide bonds. The number of piperidine rings is 1. The van der Waals surface area contributed by atoms with Crippen molar-refractivity contribution in [2.45, 2.75) is 30.4 Å². The van der Waals surface area contributed by atoms with Gasteiger partial charge in [0.25, 0.3) is 0 Å². The normalized spacial score (nSPS) is 14.8. The molecule has 0 aromatic heterocycles. The van der Waals surface area contributed by atoms with Crippen molar-refractivity contribution in [3.63, 3.8) is 0 Å². The predicted molar refractivity (Wildman–Crippen MR) is 117 cm³/mol. The maximum Gasteiger partial charge on any atom is 0.317 e. The van der Waals surface area contributed by atoms with E-state index in [1.807, 2.05) is 24.5 Å². The molecule has 1 N–H and O–H groups in total. The van der Waals surface area contributed by atoms with E-state index in [-0.39, 0.29) is 12.1 Å². The van der Waals surface area contributed by atoms with Gasteiger partial charge in [0.15, 0.2) is 0 Å². The number of carbonyl (C=O) groups excluding carboxylic acids is 1. The quantitative estimate of drug-likeness (QED) is 0.547. The van der Waals surface area contributed by atoms with Gasteiger partial charge in [-0.15, -0.1) is 11.8 Å². The Kier molecular flexibility index (Phi) is 7.63. The first-order chi connectivity index (χ1) is 13.5. The van der Waals surface area contributed by atoms with Crippen molar-refractivity contribution in [3.05, 3.63) is 57.0 Å². The highest BCUT2D eigenvalue weighted by Gasteiger charge is 2.24. The first-order valence-corrected chi connectivity index (χ1v) is 11.3. The van der Waals surface area contributed by atoms with Crippen LogP contribution in [-0.4, -0.2) is 36.4 Å². The number of hydrogen-bond donors (Lipinski definition) is 1. The number of hydrogen-bond acceptors (Lipinski definition) is 3. The molecule has 0 bridgehead atoms. The van der Waals surface area contributed by atoms with Gasteiger partial charge in [0, 0.05) is 48.5 Å². The lowest BCUT2D eigenvalue weighted by Crippen LogP contribution is -2.46. The highest BCUT2D eigenvalue weighted by atomic mass is 35.5. The Morgan fingerprint density at radius 2 is 1.86 bits per heavy atom. The molecule has 0 spiro atoms. The summed E-state index contributed by atoms with van der Waals surface area (Å²) >= 11 is 19.9. The third-order valence-corrected chi connectivity index (χ3v) is 6.43. The maximum atomic E-state index is 12.4. The van der Waals surface area contributed by atoms with Gasteiger partial charge in [-0.2, -0.15) is 0 Å². The second-order valence-corrected chi connectivity index (χ2v) is 8.60. The Balaban J connectivity index is 1.46. The molecular formula is C20H21Cl3N2O2S. The summed E-state index contributed by atoms with van der Waals surface area (Å²) in [4.78, 5) is 15.4. The summed E-state index contributed by atoms with van der Waals surface area (Å²) in [6, 6.07) is 11.0. The number of carbonyl (C=O) groups is 1. The average molecular weight is 460 g/mol. The molecule has 1 saturated heterocycles. The van der Waals surface area contributed by atoms with Crippen LogP contribution in [0.1, 0.15) is 18.4 Å². The van der Waals surface area contributed by atoms with E-state index in [9.17, 15) is 4.79 Å². The number of likely N-dealkylation sites (tertiary alicyclic amines) is 1. The zero-order chi connectivity index (χ0) is 20.1. The number of amides is 2. The van der Waals surface area contributed by atoms with E-state index in [0.717, 1.165) is 23.3 Å². The van der Waals surface area contributed by atoms with Gasteiger partial charge in [-0.25, -0.2) is 4.79 Å². The Morgan fingerprint density at radius 3 is 2.50 bits per heavy atom. The molecule has 1 aliphatic rings. The lowest BCUT2D eigenvalue weighted by atomic mass is 10.1. The fourth-order valence-corrected chi connectivity index (χ4v) is 4.04. The Morgan fingerprint density at radius 1 is 1.11 bits per heavy atom. The van der Waals surface area contributed by atoms with Gasteiger partial charge >= 0.3 is 6.03 Å². The second kappa shape index (κ2) is 9.97. The van der Waals surface area contributed by atoms with Crippen LogP contribution >= 0.6 is 46.6 Å². The fourth-order valence-electron chi connectivity index (χ4n) is 3.00. The molecule has 3 rings (SSSR count). The van der Waals surface area contributed by atoms with Gasteiger partial charge in [-0.1, -0.05) is 40.9 Å². The minimum absolute atomic E-state index is 0.0508. The van der Waals surface area contributed by atoms with Crippen LogP contribution in [0.4, 0.5) is 4.79 Å². The van der Waals surface area contributed by atoms with E-state index in [2.05, 4.69) is 5.32 Å². The standard InChI is InChI=1S/C20H21Cl3N2O2S/c1-28-16-4-2-13(18(22)11-16)12-24-20(26)25-8-6-14(7-9-25)27-15-3-5-17(21)19(23)10-15/h2-5,10-11,14H,6-9,12H2,1H3,(H,24,26). The Bertz CT molecular complexity index is 842. The van der Waals surface area contributed by atoms with E-state index in [1.165, 1.54) is 0 Å². The van der Waals surface area contributed by atoms with E-state index in [4.69, 9.17) is 39.5 Å². The highest BCUT2D eigenvalue weighted by Crippen LogP contribution is 2.28. The molecule has 4 nitrogen and oxygen atoms in total. The molecule has 8 heteroatoms. The second-order valence-electron chi connectivity index (χ2n) is 6.50. The third kappa shape index (κ3) is 5.63. The molecule has 28 heavy (non-hydrogen) atoms. The number of ether oxygens (including phenoxy) is 1. The molecule has 1 heterocycles. The summed E-state index contributed by atoms with van der Waals surface area (Å²) in [5, 5.41) is 4.59. The molecule has 150 valence electrons. The zero-order valence-corrected chi connectivity index (χ0v) is 18.5. The molecule has 1 aliphatic heterocycles. The predicted octanol–water partition coefficient (Wildman–Crippen LogP) is 6.12. The van der Waals surface area contributed by atoms with Gasteiger partial charge in [-0.05, 0) is 36.1 Å². The molecule has 2 aromatic rings. The molecule has 0 unspecified atom stereocenters. The van der Waals surface area contributed by atoms with Gasteiger partial charge in [0.05, 0.1) is 10.0 Å². The monoisotopic (exact) mass is 458 g/mol. The smallest absolute Gasteiger partial charge is 0.317 e. The van der Waals surface area contributed by atoms with Crippen LogP contribution < -0.4 is 10.1 Å². The summed E-state index contributed by atoms with van der Waals surface area (Å²) in [6.45, 7) is 1.68. The zero-order valence-electron chi connectivity index (χ0n) is 15.4. The van der Waals surface area contributed by atoms with Crippen molar-refractivity contribution in [1.82, 2.24) is 10.2 Å². The largest absolute Gasteiger partial charge is 0.490 e.